The first-order valence-corrected chi connectivity index (χ1v) is 13.8. The van der Waals surface area contributed by atoms with E-state index < -0.39 is 17.6 Å². The lowest BCUT2D eigenvalue weighted by Crippen LogP contribution is -2.38. The van der Waals surface area contributed by atoms with E-state index in [1.165, 1.54) is 5.56 Å². The number of aliphatic imine (C=N–C) groups is 1. The number of hydrogen-bond donors (Lipinski definition) is 5. The molecule has 224 valence electrons. The summed E-state index contributed by atoms with van der Waals surface area (Å²) in [6, 6.07) is 16.2. The molecule has 0 radical (unpaired) electrons. The van der Waals surface area contributed by atoms with Crippen molar-refractivity contribution in [2.24, 2.45) is 10.7 Å². The minimum Gasteiger partial charge on any atom is -0.492 e. The highest BCUT2D eigenvalue weighted by molar-refractivity contribution is 6.31. The Morgan fingerprint density at radius 2 is 1.60 bits per heavy atom. The number of alkyl carbamates (subject to hydrolysis) is 1. The molecular formula is C29H37ClN8O4. The average Bonchev–Trinajstić information content (AvgIpc) is 2.92. The van der Waals surface area contributed by atoms with Crippen LogP contribution >= 0.6 is 11.6 Å². The number of nitrogens with two attached hydrogens (primary N) is 3. The van der Waals surface area contributed by atoms with Crippen molar-refractivity contribution in [3.05, 3.63) is 64.9 Å². The minimum absolute atomic E-state index is 0.0487. The largest absolute Gasteiger partial charge is 0.492 e. The molecule has 0 fully saturated rings. The van der Waals surface area contributed by atoms with E-state index in [0.29, 0.717) is 19.7 Å². The van der Waals surface area contributed by atoms with Gasteiger partial charge in [-0.25, -0.2) is 14.8 Å². The summed E-state index contributed by atoms with van der Waals surface area (Å²) in [6.07, 6.45) is 2.09. The van der Waals surface area contributed by atoms with E-state index in [-0.39, 0.29) is 28.4 Å². The van der Waals surface area contributed by atoms with E-state index in [1.807, 2.05) is 45.0 Å². The number of ether oxygens (including phenoxy) is 2. The fourth-order valence-corrected chi connectivity index (χ4v) is 3.83. The van der Waals surface area contributed by atoms with Crippen LogP contribution in [0.25, 0.3) is 11.1 Å². The lowest BCUT2D eigenvalue weighted by atomic mass is 10.0. The molecule has 42 heavy (non-hydrogen) atoms. The monoisotopic (exact) mass is 596 g/mol. The number of amides is 2. The van der Waals surface area contributed by atoms with E-state index >= 15 is 0 Å². The van der Waals surface area contributed by atoms with Crippen LogP contribution in [0.5, 0.6) is 5.75 Å². The summed E-state index contributed by atoms with van der Waals surface area (Å²) >= 11 is 5.81. The zero-order chi connectivity index (χ0) is 30.7. The molecule has 8 N–H and O–H groups in total. The third-order valence-electron chi connectivity index (χ3n) is 5.70. The number of nitrogen functional groups attached to an aromatic ring is 2. The van der Waals surface area contributed by atoms with Gasteiger partial charge in [0.05, 0.1) is 6.54 Å². The van der Waals surface area contributed by atoms with Crippen LogP contribution in [0.4, 0.5) is 16.4 Å². The maximum atomic E-state index is 12.3. The van der Waals surface area contributed by atoms with Gasteiger partial charge in [-0.05, 0) is 68.9 Å². The summed E-state index contributed by atoms with van der Waals surface area (Å²) < 4.78 is 10.9. The molecule has 0 aliphatic heterocycles. The normalized spacial score (nSPS) is 11.6. The van der Waals surface area contributed by atoms with Gasteiger partial charge in [0.2, 0.25) is 0 Å². The van der Waals surface area contributed by atoms with Crippen molar-refractivity contribution in [1.29, 1.82) is 0 Å². The SMILES string of the molecule is CC(C)(C)OC(=O)NCCOc1ccc(-c2ccc(CCCCN=C(N)NC(=O)c3nc(Cl)c(N)nc3N)cc2)cc1. The Morgan fingerprint density at radius 3 is 2.24 bits per heavy atom. The van der Waals surface area contributed by atoms with Gasteiger partial charge in [-0.1, -0.05) is 48.0 Å². The molecule has 2 aromatic carbocycles. The third kappa shape index (κ3) is 10.4. The molecule has 13 heteroatoms. The van der Waals surface area contributed by atoms with Gasteiger partial charge in [-0.2, -0.15) is 0 Å². The number of anilines is 2. The molecule has 3 rings (SSSR count). The van der Waals surface area contributed by atoms with Gasteiger partial charge in [0, 0.05) is 6.54 Å². The topological polar surface area (TPSA) is 193 Å². The number of nitrogens with one attached hydrogen (secondary N) is 2. The number of guanidine groups is 1. The Bertz CT molecular complexity index is 1390. The van der Waals surface area contributed by atoms with Crippen LogP contribution in [0.15, 0.2) is 53.5 Å². The van der Waals surface area contributed by atoms with Gasteiger partial charge < -0.3 is 32.0 Å². The summed E-state index contributed by atoms with van der Waals surface area (Å²) in [7, 11) is 0. The fourth-order valence-electron chi connectivity index (χ4n) is 3.71. The van der Waals surface area contributed by atoms with E-state index in [0.717, 1.165) is 36.1 Å². The number of carbonyl (C=O) groups is 2. The molecule has 0 saturated carbocycles. The second-order valence-corrected chi connectivity index (χ2v) is 10.7. The molecule has 0 aliphatic carbocycles. The van der Waals surface area contributed by atoms with E-state index in [1.54, 1.807) is 0 Å². The molecule has 0 saturated heterocycles. The standard InChI is InChI=1S/C29H37ClN8O4/c1-29(2,3)42-28(40)35-16-17-41-21-13-11-20(12-14-21)19-9-7-18(8-10-19)6-4-5-15-34-27(33)38-26(39)22-24(31)37-25(32)23(30)36-22/h7-14H,4-6,15-17H2,1-3H3,(H,35,40)(H4,31,32,37)(H3,33,34,38,39). The predicted octanol–water partition coefficient (Wildman–Crippen LogP) is 3.93. The van der Waals surface area contributed by atoms with Crippen LogP contribution in [0.2, 0.25) is 5.15 Å². The number of hydrogen-bond acceptors (Lipinski definition) is 9. The van der Waals surface area contributed by atoms with Crippen molar-refractivity contribution in [2.75, 3.05) is 31.2 Å². The maximum Gasteiger partial charge on any atom is 0.407 e. The molecule has 1 heterocycles. The van der Waals surface area contributed by atoms with E-state index in [9.17, 15) is 9.59 Å². The van der Waals surface area contributed by atoms with Crippen LogP contribution in [-0.2, 0) is 11.2 Å². The number of carbonyl (C=O) groups excluding carboxylic acids is 2. The fraction of sp³-hybridized carbons (Fsp3) is 0.345. The maximum absolute atomic E-state index is 12.3. The predicted molar refractivity (Wildman–Crippen MR) is 164 cm³/mol. The molecular weight excluding hydrogens is 560 g/mol. The molecule has 12 nitrogen and oxygen atoms in total. The van der Waals surface area contributed by atoms with Gasteiger partial charge in [0.15, 0.2) is 28.4 Å². The van der Waals surface area contributed by atoms with Crippen LogP contribution in [-0.4, -0.2) is 53.2 Å². The molecule has 0 unspecified atom stereocenters. The Labute approximate surface area is 250 Å². The minimum atomic E-state index is -0.669. The van der Waals surface area contributed by atoms with Gasteiger partial charge >= 0.3 is 6.09 Å². The Hall–Kier alpha value is -4.58. The van der Waals surface area contributed by atoms with Crippen molar-refractivity contribution in [2.45, 2.75) is 45.6 Å². The highest BCUT2D eigenvalue weighted by Crippen LogP contribution is 2.23. The first-order chi connectivity index (χ1) is 19.9. The first-order valence-electron chi connectivity index (χ1n) is 13.4. The van der Waals surface area contributed by atoms with Crippen LogP contribution in [0.3, 0.4) is 0 Å². The quantitative estimate of drug-likeness (QED) is 0.124. The highest BCUT2D eigenvalue weighted by Gasteiger charge is 2.17. The summed E-state index contributed by atoms with van der Waals surface area (Å²) in [4.78, 5) is 35.8. The summed E-state index contributed by atoms with van der Waals surface area (Å²) in [5, 5.41) is 4.97. The zero-order valence-corrected chi connectivity index (χ0v) is 24.7. The second-order valence-electron chi connectivity index (χ2n) is 10.3. The molecule has 0 spiro atoms. The number of aryl methyl sites for hydroxylation is 1. The zero-order valence-electron chi connectivity index (χ0n) is 23.9. The number of nitrogens with zero attached hydrogens (tertiary/aromatic N) is 3. The van der Waals surface area contributed by atoms with Crippen molar-refractivity contribution in [3.63, 3.8) is 0 Å². The lowest BCUT2D eigenvalue weighted by molar-refractivity contribution is 0.0520. The van der Waals surface area contributed by atoms with Gasteiger partial charge in [0.25, 0.3) is 5.91 Å². The number of aromatic nitrogens is 2. The van der Waals surface area contributed by atoms with Crippen molar-refractivity contribution >= 4 is 41.2 Å². The lowest BCUT2D eigenvalue weighted by Gasteiger charge is -2.19. The number of rotatable bonds is 11. The first kappa shape index (κ1) is 31.9. The summed E-state index contributed by atoms with van der Waals surface area (Å²) in [5.41, 5.74) is 19.7. The summed E-state index contributed by atoms with van der Waals surface area (Å²) in [6.45, 7) is 6.57. The Kier molecular flexibility index (Phi) is 11.3. The Morgan fingerprint density at radius 1 is 0.952 bits per heavy atom. The molecule has 0 atom stereocenters. The van der Waals surface area contributed by atoms with Crippen LogP contribution in [0, 0.1) is 0 Å². The smallest absolute Gasteiger partial charge is 0.407 e. The van der Waals surface area contributed by atoms with Gasteiger partial charge in [-0.3, -0.25) is 15.1 Å². The van der Waals surface area contributed by atoms with Crippen molar-refractivity contribution in [1.82, 2.24) is 20.6 Å². The van der Waals surface area contributed by atoms with Crippen molar-refractivity contribution in [3.8, 4) is 16.9 Å². The van der Waals surface area contributed by atoms with Crippen LogP contribution in [0.1, 0.15) is 49.7 Å². The third-order valence-corrected chi connectivity index (χ3v) is 5.98. The number of unbranched alkanes of at least 4 members (excludes halogenated alkanes) is 1. The molecule has 1 aromatic heterocycles. The highest BCUT2D eigenvalue weighted by atomic mass is 35.5. The number of benzene rings is 2. The number of halogens is 1. The average molecular weight is 597 g/mol. The Balaban J connectivity index is 1.37. The second kappa shape index (κ2) is 14.9. The molecule has 0 aliphatic rings. The van der Waals surface area contributed by atoms with E-state index in [2.05, 4.69) is 49.9 Å². The van der Waals surface area contributed by atoms with Gasteiger partial charge in [0.1, 0.15) is 18.0 Å². The van der Waals surface area contributed by atoms with Gasteiger partial charge in [-0.15, -0.1) is 0 Å². The molecule has 3 aromatic rings. The summed E-state index contributed by atoms with van der Waals surface area (Å²) in [5.74, 6) is -0.215. The van der Waals surface area contributed by atoms with E-state index in [4.69, 9.17) is 38.3 Å². The molecule has 0 bridgehead atoms. The van der Waals surface area contributed by atoms with Crippen LogP contribution < -0.4 is 32.6 Å². The van der Waals surface area contributed by atoms with Crippen molar-refractivity contribution < 1.29 is 19.1 Å². The molecule has 2 amide bonds.